The fourth-order valence-corrected chi connectivity index (χ4v) is 3.87. The number of ketones is 1. The monoisotopic (exact) mass is 438 g/mol. The van der Waals surface area contributed by atoms with Crippen LogP contribution in [0.5, 0.6) is 0 Å². The van der Waals surface area contributed by atoms with Crippen molar-refractivity contribution >= 4 is 46.7 Å². The quantitative estimate of drug-likeness (QED) is 0.420. The molecule has 0 aliphatic carbocycles. The second-order valence-electron chi connectivity index (χ2n) is 5.64. The number of benzene rings is 1. The van der Waals surface area contributed by atoms with Crippen LogP contribution in [0.15, 0.2) is 46.2 Å². The van der Waals surface area contributed by atoms with E-state index in [0.29, 0.717) is 33.1 Å². The average molecular weight is 439 g/mol. The van der Waals surface area contributed by atoms with Gasteiger partial charge < -0.3 is 14.3 Å². The van der Waals surface area contributed by atoms with Crippen LogP contribution < -0.4 is 5.32 Å². The summed E-state index contributed by atoms with van der Waals surface area (Å²) < 4.78 is 6.89. The molecule has 1 aromatic carbocycles. The number of Topliss-reactive ketones (excluding diaryl/α,β-unsaturated/α-hetero) is 1. The molecule has 28 heavy (non-hydrogen) atoms. The van der Waals surface area contributed by atoms with Crippen LogP contribution in [0.4, 0.5) is 0 Å². The van der Waals surface area contributed by atoms with Gasteiger partial charge in [-0.15, -0.1) is 10.2 Å². The smallest absolute Gasteiger partial charge is 0.287 e. The molecule has 1 N–H and O–H groups in total. The standard InChI is InChI=1S/C18H16Cl2N4O3S/c1-2-24-16(9-21-17(26)15-4-3-7-27-15)22-23-18(24)28-10-14(25)12-6-5-11(19)8-13(12)20/h3-8H,2,9-10H2,1H3,(H,21,26). The van der Waals surface area contributed by atoms with Gasteiger partial charge in [-0.05, 0) is 37.3 Å². The lowest BCUT2D eigenvalue weighted by Crippen LogP contribution is -2.24. The van der Waals surface area contributed by atoms with Crippen molar-refractivity contribution in [3.05, 3.63) is 63.8 Å². The second-order valence-corrected chi connectivity index (χ2v) is 7.43. The van der Waals surface area contributed by atoms with Gasteiger partial charge in [-0.1, -0.05) is 35.0 Å². The van der Waals surface area contributed by atoms with E-state index in [0.717, 1.165) is 0 Å². The van der Waals surface area contributed by atoms with Crippen LogP contribution in [0.1, 0.15) is 33.7 Å². The Morgan fingerprint density at radius 1 is 1.25 bits per heavy atom. The zero-order chi connectivity index (χ0) is 20.1. The summed E-state index contributed by atoms with van der Waals surface area (Å²) in [6, 6.07) is 7.99. The lowest BCUT2D eigenvalue weighted by atomic mass is 10.1. The van der Waals surface area contributed by atoms with E-state index in [-0.39, 0.29) is 29.7 Å². The van der Waals surface area contributed by atoms with Gasteiger partial charge in [0.15, 0.2) is 22.5 Å². The van der Waals surface area contributed by atoms with Crippen LogP contribution in [0, 0.1) is 0 Å². The second kappa shape index (κ2) is 9.27. The Labute approximate surface area is 175 Å². The SMILES string of the molecule is CCn1c(CNC(=O)c2ccco2)nnc1SCC(=O)c1ccc(Cl)cc1Cl. The number of hydrogen-bond donors (Lipinski definition) is 1. The van der Waals surface area contributed by atoms with E-state index < -0.39 is 0 Å². The predicted octanol–water partition coefficient (Wildman–Crippen LogP) is 4.10. The Bertz CT molecular complexity index is 989. The van der Waals surface area contributed by atoms with Gasteiger partial charge in [0.2, 0.25) is 0 Å². The minimum absolute atomic E-state index is 0.134. The molecule has 7 nitrogen and oxygen atoms in total. The van der Waals surface area contributed by atoms with Crippen LogP contribution in [-0.4, -0.2) is 32.2 Å². The van der Waals surface area contributed by atoms with Crippen LogP contribution in [0.25, 0.3) is 0 Å². The van der Waals surface area contributed by atoms with Crippen LogP contribution in [0.2, 0.25) is 10.0 Å². The minimum atomic E-state index is -0.336. The molecule has 3 aromatic rings. The van der Waals surface area contributed by atoms with Crippen molar-refractivity contribution in [1.82, 2.24) is 20.1 Å². The number of aromatic nitrogens is 3. The summed E-state index contributed by atoms with van der Waals surface area (Å²) in [6.07, 6.45) is 1.43. The molecule has 1 amide bonds. The first-order valence-electron chi connectivity index (χ1n) is 8.34. The fraction of sp³-hybridized carbons (Fsp3) is 0.222. The number of rotatable bonds is 8. The van der Waals surface area contributed by atoms with Crippen LogP contribution in [0.3, 0.4) is 0 Å². The van der Waals surface area contributed by atoms with E-state index in [9.17, 15) is 9.59 Å². The van der Waals surface area contributed by atoms with Gasteiger partial charge in [0, 0.05) is 17.1 Å². The van der Waals surface area contributed by atoms with Gasteiger partial charge in [-0.25, -0.2) is 0 Å². The third-order valence-corrected chi connectivity index (χ3v) is 5.34. The van der Waals surface area contributed by atoms with Crippen molar-refractivity contribution in [2.75, 3.05) is 5.75 Å². The molecule has 0 saturated carbocycles. The van der Waals surface area contributed by atoms with Crippen molar-refractivity contribution < 1.29 is 14.0 Å². The molecule has 0 unspecified atom stereocenters. The van der Waals surface area contributed by atoms with Gasteiger partial charge in [0.05, 0.1) is 23.6 Å². The maximum atomic E-state index is 12.4. The summed E-state index contributed by atoms with van der Waals surface area (Å²) in [6.45, 7) is 2.72. The van der Waals surface area contributed by atoms with Gasteiger partial charge in [-0.3, -0.25) is 9.59 Å². The van der Waals surface area contributed by atoms with E-state index in [4.69, 9.17) is 27.6 Å². The van der Waals surface area contributed by atoms with Gasteiger partial charge >= 0.3 is 0 Å². The number of carbonyl (C=O) groups is 2. The molecule has 0 bridgehead atoms. The number of nitrogens with zero attached hydrogens (tertiary/aromatic N) is 3. The maximum absolute atomic E-state index is 12.4. The third-order valence-electron chi connectivity index (χ3n) is 3.83. The Balaban J connectivity index is 1.63. The van der Waals surface area contributed by atoms with E-state index in [2.05, 4.69) is 15.5 Å². The summed E-state index contributed by atoms with van der Waals surface area (Å²) in [7, 11) is 0. The number of halogens is 2. The zero-order valence-electron chi connectivity index (χ0n) is 14.8. The highest BCUT2D eigenvalue weighted by Gasteiger charge is 2.17. The fourth-order valence-electron chi connectivity index (χ4n) is 2.45. The van der Waals surface area contributed by atoms with Crippen LogP contribution >= 0.6 is 35.0 Å². The van der Waals surface area contributed by atoms with Crippen molar-refractivity contribution in [2.45, 2.75) is 25.2 Å². The number of carbonyl (C=O) groups excluding carboxylic acids is 2. The normalized spacial score (nSPS) is 10.8. The maximum Gasteiger partial charge on any atom is 0.287 e. The molecule has 10 heteroatoms. The largest absolute Gasteiger partial charge is 0.459 e. The summed E-state index contributed by atoms with van der Waals surface area (Å²) in [5.74, 6) is 0.491. The Kier molecular flexibility index (Phi) is 6.77. The highest BCUT2D eigenvalue weighted by Crippen LogP contribution is 2.24. The summed E-state index contributed by atoms with van der Waals surface area (Å²) >= 11 is 13.2. The number of hydrogen-bond acceptors (Lipinski definition) is 6. The van der Waals surface area contributed by atoms with Crippen molar-refractivity contribution in [2.24, 2.45) is 0 Å². The van der Waals surface area contributed by atoms with E-state index in [1.165, 1.54) is 24.1 Å². The molecule has 146 valence electrons. The summed E-state index contributed by atoms with van der Waals surface area (Å²) in [5, 5.41) is 12.3. The van der Waals surface area contributed by atoms with Gasteiger partial charge in [0.1, 0.15) is 0 Å². The third kappa shape index (κ3) is 4.76. The topological polar surface area (TPSA) is 90.0 Å². The summed E-state index contributed by atoms with van der Waals surface area (Å²) in [5.41, 5.74) is 0.409. The van der Waals surface area contributed by atoms with E-state index in [1.54, 1.807) is 24.3 Å². The first-order chi connectivity index (χ1) is 13.5. The van der Waals surface area contributed by atoms with Crippen LogP contribution in [-0.2, 0) is 13.1 Å². The Morgan fingerprint density at radius 3 is 2.75 bits per heavy atom. The number of nitrogens with one attached hydrogen (secondary N) is 1. The predicted molar refractivity (Wildman–Crippen MR) is 107 cm³/mol. The lowest BCUT2D eigenvalue weighted by molar-refractivity contribution is 0.0921. The number of furan rings is 1. The molecule has 2 heterocycles. The molecule has 2 aromatic heterocycles. The highest BCUT2D eigenvalue weighted by atomic mass is 35.5. The molecule has 0 radical (unpaired) electrons. The minimum Gasteiger partial charge on any atom is -0.459 e. The van der Waals surface area contributed by atoms with E-state index in [1.807, 2.05) is 11.5 Å². The highest BCUT2D eigenvalue weighted by molar-refractivity contribution is 7.99. The number of thioether (sulfide) groups is 1. The average Bonchev–Trinajstić information content (AvgIpc) is 3.33. The Morgan fingerprint density at radius 2 is 2.07 bits per heavy atom. The van der Waals surface area contributed by atoms with Gasteiger partial charge in [0.25, 0.3) is 5.91 Å². The van der Waals surface area contributed by atoms with Crippen molar-refractivity contribution in [3.63, 3.8) is 0 Å². The summed E-state index contributed by atoms with van der Waals surface area (Å²) in [4.78, 5) is 24.4. The van der Waals surface area contributed by atoms with Crippen molar-refractivity contribution in [1.29, 1.82) is 0 Å². The molecular formula is C18H16Cl2N4O3S. The number of amides is 1. The first kappa shape index (κ1) is 20.4. The first-order valence-corrected chi connectivity index (χ1v) is 10.1. The molecule has 0 saturated heterocycles. The molecule has 0 atom stereocenters. The zero-order valence-corrected chi connectivity index (χ0v) is 17.1. The lowest BCUT2D eigenvalue weighted by Gasteiger charge is -2.08. The molecule has 0 fully saturated rings. The Hall–Kier alpha value is -2.29. The molecule has 3 rings (SSSR count). The van der Waals surface area contributed by atoms with E-state index >= 15 is 0 Å². The molecular weight excluding hydrogens is 423 g/mol. The molecule has 0 aliphatic heterocycles. The molecule has 0 spiro atoms. The van der Waals surface area contributed by atoms with Crippen molar-refractivity contribution in [3.8, 4) is 0 Å². The van der Waals surface area contributed by atoms with Gasteiger partial charge in [-0.2, -0.15) is 0 Å². The molecule has 0 aliphatic rings.